The second-order valence-electron chi connectivity index (χ2n) is 9.14. The van der Waals surface area contributed by atoms with Gasteiger partial charge in [0.15, 0.2) is 0 Å². The standard InChI is InChI=1S/C30H25N3O5/c1-16-6-4-7-19(12-16)28(34)32-20-8-5-9-21(13-20)38-22-10-11-23-24(29(35)33-26(23)14-22)15-25-17(2)27(30(36)37)18(3)31-25/h4-15,31H,1-3H3,(H,32,34)(H,33,35)(H,36,37). The molecular weight excluding hydrogens is 482 g/mol. The van der Waals surface area contributed by atoms with Gasteiger partial charge in [0.25, 0.3) is 11.8 Å². The average molecular weight is 508 g/mol. The molecule has 38 heavy (non-hydrogen) atoms. The molecule has 2 amide bonds. The van der Waals surface area contributed by atoms with Crippen molar-refractivity contribution < 1.29 is 24.2 Å². The summed E-state index contributed by atoms with van der Waals surface area (Å²) in [6.07, 6.45) is 1.66. The fourth-order valence-electron chi connectivity index (χ4n) is 4.53. The average Bonchev–Trinajstić information content (AvgIpc) is 3.33. The molecule has 0 aliphatic carbocycles. The van der Waals surface area contributed by atoms with Crippen molar-refractivity contribution >= 4 is 40.8 Å². The van der Waals surface area contributed by atoms with Gasteiger partial charge in [0, 0.05) is 40.3 Å². The lowest BCUT2D eigenvalue weighted by molar-refractivity contribution is -0.110. The van der Waals surface area contributed by atoms with Crippen molar-refractivity contribution in [3.8, 4) is 11.5 Å². The Bertz CT molecular complexity index is 1650. The second kappa shape index (κ2) is 9.74. The minimum atomic E-state index is -1.02. The molecule has 0 unspecified atom stereocenters. The number of nitrogens with one attached hydrogen (secondary N) is 3. The van der Waals surface area contributed by atoms with E-state index in [1.54, 1.807) is 68.5 Å². The Balaban J connectivity index is 1.35. The molecule has 190 valence electrons. The molecule has 0 radical (unpaired) electrons. The highest BCUT2D eigenvalue weighted by Gasteiger charge is 2.26. The molecular formula is C30H25N3O5. The van der Waals surface area contributed by atoms with Crippen LogP contribution in [0.15, 0.2) is 66.7 Å². The first kappa shape index (κ1) is 24.6. The predicted octanol–water partition coefficient (Wildman–Crippen LogP) is 6.18. The molecule has 0 spiro atoms. The molecule has 8 heteroatoms. The van der Waals surface area contributed by atoms with E-state index < -0.39 is 5.97 Å². The van der Waals surface area contributed by atoms with Gasteiger partial charge in [-0.05, 0) is 68.8 Å². The molecule has 8 nitrogen and oxygen atoms in total. The largest absolute Gasteiger partial charge is 0.478 e. The number of ether oxygens (including phenoxy) is 1. The highest BCUT2D eigenvalue weighted by molar-refractivity contribution is 6.35. The molecule has 1 aromatic heterocycles. The number of carbonyl (C=O) groups excluding carboxylic acids is 2. The number of carbonyl (C=O) groups is 3. The molecule has 1 aliphatic rings. The van der Waals surface area contributed by atoms with E-state index in [4.69, 9.17) is 4.74 Å². The number of hydrogen-bond donors (Lipinski definition) is 4. The van der Waals surface area contributed by atoms with Gasteiger partial charge >= 0.3 is 5.97 Å². The van der Waals surface area contributed by atoms with Crippen molar-refractivity contribution in [3.63, 3.8) is 0 Å². The summed E-state index contributed by atoms with van der Waals surface area (Å²) in [5.74, 6) is -0.494. The van der Waals surface area contributed by atoms with Crippen LogP contribution in [0.1, 0.15) is 48.8 Å². The fourth-order valence-corrected chi connectivity index (χ4v) is 4.53. The Kier molecular flexibility index (Phi) is 6.30. The number of aryl methyl sites for hydroxylation is 2. The molecule has 5 rings (SSSR count). The summed E-state index contributed by atoms with van der Waals surface area (Å²) >= 11 is 0. The van der Waals surface area contributed by atoms with Crippen molar-refractivity contribution in [2.75, 3.05) is 10.6 Å². The zero-order chi connectivity index (χ0) is 27.0. The molecule has 0 saturated carbocycles. The smallest absolute Gasteiger partial charge is 0.337 e. The third-order valence-electron chi connectivity index (χ3n) is 6.36. The number of amides is 2. The van der Waals surface area contributed by atoms with Gasteiger partial charge in [-0.3, -0.25) is 9.59 Å². The van der Waals surface area contributed by atoms with Gasteiger partial charge in [-0.15, -0.1) is 0 Å². The van der Waals surface area contributed by atoms with Gasteiger partial charge in [-0.2, -0.15) is 0 Å². The number of benzene rings is 3. The molecule has 1 aliphatic heterocycles. The molecule has 0 saturated heterocycles. The highest BCUT2D eigenvalue weighted by Crippen LogP contribution is 2.37. The molecule has 2 heterocycles. The van der Waals surface area contributed by atoms with Gasteiger partial charge in [-0.1, -0.05) is 23.8 Å². The zero-order valence-electron chi connectivity index (χ0n) is 21.0. The Morgan fingerprint density at radius 2 is 1.71 bits per heavy atom. The first-order chi connectivity index (χ1) is 18.2. The SMILES string of the molecule is Cc1cccc(C(=O)Nc2cccc(Oc3ccc4c(c3)NC(=O)C4=Cc3[nH]c(C)c(C(=O)O)c3C)c2)c1. The number of aromatic nitrogens is 1. The van der Waals surface area contributed by atoms with Crippen LogP contribution < -0.4 is 15.4 Å². The quantitative estimate of drug-likeness (QED) is 0.232. The van der Waals surface area contributed by atoms with Gasteiger partial charge in [0.05, 0.1) is 16.8 Å². The predicted molar refractivity (Wildman–Crippen MR) is 146 cm³/mol. The number of H-pyrrole nitrogens is 1. The van der Waals surface area contributed by atoms with E-state index in [1.807, 2.05) is 25.1 Å². The first-order valence-electron chi connectivity index (χ1n) is 12.0. The van der Waals surface area contributed by atoms with E-state index in [0.29, 0.717) is 56.5 Å². The molecule has 4 N–H and O–H groups in total. The monoisotopic (exact) mass is 507 g/mol. The van der Waals surface area contributed by atoms with E-state index >= 15 is 0 Å². The summed E-state index contributed by atoms with van der Waals surface area (Å²) in [7, 11) is 0. The fraction of sp³-hybridized carbons (Fsp3) is 0.100. The highest BCUT2D eigenvalue weighted by atomic mass is 16.5. The van der Waals surface area contributed by atoms with E-state index in [-0.39, 0.29) is 17.4 Å². The van der Waals surface area contributed by atoms with Gasteiger partial charge in [0.2, 0.25) is 0 Å². The Morgan fingerprint density at radius 1 is 0.947 bits per heavy atom. The number of fused-ring (bicyclic) bond motifs is 1. The summed E-state index contributed by atoms with van der Waals surface area (Å²) in [6, 6.07) is 19.7. The minimum absolute atomic E-state index is 0.205. The summed E-state index contributed by atoms with van der Waals surface area (Å²) in [5, 5.41) is 15.2. The summed E-state index contributed by atoms with van der Waals surface area (Å²) in [5.41, 5.74) is 5.73. The minimum Gasteiger partial charge on any atom is -0.478 e. The Hall–Kier alpha value is -5.11. The van der Waals surface area contributed by atoms with E-state index in [0.717, 1.165) is 5.56 Å². The van der Waals surface area contributed by atoms with Crippen molar-refractivity contribution in [2.45, 2.75) is 20.8 Å². The van der Waals surface area contributed by atoms with Crippen LogP contribution in [-0.2, 0) is 4.79 Å². The summed E-state index contributed by atoms with van der Waals surface area (Å²) in [6.45, 7) is 5.33. The van der Waals surface area contributed by atoms with Crippen LogP contribution in [0, 0.1) is 20.8 Å². The Labute approximate surface area is 219 Å². The van der Waals surface area contributed by atoms with Crippen LogP contribution >= 0.6 is 0 Å². The number of carboxylic acid groups (broad SMARTS) is 1. The molecule has 0 bridgehead atoms. The molecule has 3 aromatic carbocycles. The van der Waals surface area contributed by atoms with Crippen molar-refractivity contribution in [1.29, 1.82) is 0 Å². The van der Waals surface area contributed by atoms with Crippen LogP contribution in [0.3, 0.4) is 0 Å². The molecule has 4 aromatic rings. The maximum atomic E-state index is 12.7. The zero-order valence-corrected chi connectivity index (χ0v) is 21.0. The van der Waals surface area contributed by atoms with E-state index in [9.17, 15) is 19.5 Å². The molecule has 0 atom stereocenters. The van der Waals surface area contributed by atoms with Crippen LogP contribution in [0.4, 0.5) is 11.4 Å². The van der Waals surface area contributed by atoms with Gasteiger partial charge in [0.1, 0.15) is 11.5 Å². The third-order valence-corrected chi connectivity index (χ3v) is 6.36. The lowest BCUT2D eigenvalue weighted by Gasteiger charge is -2.10. The van der Waals surface area contributed by atoms with Crippen molar-refractivity contribution in [3.05, 3.63) is 106 Å². The maximum absolute atomic E-state index is 12.7. The number of aromatic amines is 1. The number of aromatic carboxylic acids is 1. The van der Waals surface area contributed by atoms with Crippen molar-refractivity contribution in [1.82, 2.24) is 4.98 Å². The third kappa shape index (κ3) is 4.79. The Morgan fingerprint density at radius 3 is 2.45 bits per heavy atom. The first-order valence-corrected chi connectivity index (χ1v) is 12.0. The van der Waals surface area contributed by atoms with E-state index in [2.05, 4.69) is 15.6 Å². The van der Waals surface area contributed by atoms with Crippen LogP contribution in [-0.4, -0.2) is 27.9 Å². The number of hydrogen-bond acceptors (Lipinski definition) is 4. The number of carboxylic acids is 1. The van der Waals surface area contributed by atoms with Crippen LogP contribution in [0.5, 0.6) is 11.5 Å². The number of anilines is 2. The normalized spacial score (nSPS) is 13.2. The van der Waals surface area contributed by atoms with Gasteiger partial charge < -0.3 is 25.5 Å². The van der Waals surface area contributed by atoms with Crippen LogP contribution in [0.25, 0.3) is 11.6 Å². The lowest BCUT2D eigenvalue weighted by atomic mass is 10.0. The van der Waals surface area contributed by atoms with Gasteiger partial charge in [-0.25, -0.2) is 4.79 Å². The summed E-state index contributed by atoms with van der Waals surface area (Å²) in [4.78, 5) is 39.9. The molecule has 0 fully saturated rings. The van der Waals surface area contributed by atoms with Crippen molar-refractivity contribution in [2.24, 2.45) is 0 Å². The number of rotatable bonds is 6. The van der Waals surface area contributed by atoms with E-state index in [1.165, 1.54) is 0 Å². The van der Waals surface area contributed by atoms with Crippen LogP contribution in [0.2, 0.25) is 0 Å². The summed E-state index contributed by atoms with van der Waals surface area (Å²) < 4.78 is 6.01. The topological polar surface area (TPSA) is 121 Å². The second-order valence-corrected chi connectivity index (χ2v) is 9.14. The lowest BCUT2D eigenvalue weighted by Crippen LogP contribution is -2.11. The maximum Gasteiger partial charge on any atom is 0.337 e.